The molecule has 1 aromatic carbocycles. The molecule has 116 valence electrons. The maximum Gasteiger partial charge on any atom is 0.240 e. The van der Waals surface area contributed by atoms with Gasteiger partial charge in [0.1, 0.15) is 0 Å². The van der Waals surface area contributed by atoms with Crippen LogP contribution in [0.15, 0.2) is 12.1 Å². The number of carbonyl (C=O) groups excluding carboxylic acids is 1. The van der Waals surface area contributed by atoms with Crippen molar-refractivity contribution in [1.82, 2.24) is 4.90 Å². The highest BCUT2D eigenvalue weighted by molar-refractivity contribution is 5.82. The summed E-state index contributed by atoms with van der Waals surface area (Å²) in [7, 11) is 3.25. The average Bonchev–Trinajstić information content (AvgIpc) is 2.51. The van der Waals surface area contributed by atoms with Gasteiger partial charge >= 0.3 is 0 Å². The second-order valence-corrected chi connectivity index (χ2v) is 5.76. The van der Waals surface area contributed by atoms with Gasteiger partial charge in [-0.05, 0) is 35.6 Å². The minimum absolute atomic E-state index is 0.0189. The SMILES string of the molecule is COc1cc2c(cc1OC)CN(C(=O)[C@H](N)C(C)C)CC2. The van der Waals surface area contributed by atoms with Gasteiger partial charge in [0, 0.05) is 13.1 Å². The van der Waals surface area contributed by atoms with Crippen molar-refractivity contribution < 1.29 is 14.3 Å². The third kappa shape index (κ3) is 3.13. The van der Waals surface area contributed by atoms with Gasteiger partial charge in [0.25, 0.3) is 0 Å². The molecule has 0 spiro atoms. The number of nitrogens with two attached hydrogens (primary N) is 1. The summed E-state index contributed by atoms with van der Waals surface area (Å²) in [6, 6.07) is 3.51. The Labute approximate surface area is 126 Å². The fourth-order valence-electron chi connectivity index (χ4n) is 2.57. The normalized spacial score (nSPS) is 15.6. The van der Waals surface area contributed by atoms with Crippen molar-refractivity contribution in [3.8, 4) is 11.5 Å². The highest BCUT2D eigenvalue weighted by Crippen LogP contribution is 2.33. The Kier molecular flexibility index (Phi) is 4.73. The fraction of sp³-hybridized carbons (Fsp3) is 0.562. The predicted octanol–water partition coefficient (Wildman–Crippen LogP) is 1.57. The van der Waals surface area contributed by atoms with Crippen molar-refractivity contribution in [2.24, 2.45) is 11.7 Å². The summed E-state index contributed by atoms with van der Waals surface area (Å²) in [6.45, 7) is 5.21. The van der Waals surface area contributed by atoms with E-state index in [1.54, 1.807) is 14.2 Å². The van der Waals surface area contributed by atoms with Gasteiger partial charge in [-0.2, -0.15) is 0 Å². The molecule has 1 aromatic rings. The zero-order valence-electron chi connectivity index (χ0n) is 13.2. The first kappa shape index (κ1) is 15.6. The van der Waals surface area contributed by atoms with Crippen LogP contribution in [0.2, 0.25) is 0 Å². The molecule has 1 amide bonds. The van der Waals surface area contributed by atoms with Crippen LogP contribution < -0.4 is 15.2 Å². The summed E-state index contributed by atoms with van der Waals surface area (Å²) in [5.41, 5.74) is 8.28. The van der Waals surface area contributed by atoms with Crippen LogP contribution in [0.1, 0.15) is 25.0 Å². The number of fused-ring (bicyclic) bond motifs is 1. The van der Waals surface area contributed by atoms with Crippen LogP contribution in [-0.2, 0) is 17.8 Å². The highest BCUT2D eigenvalue weighted by atomic mass is 16.5. The third-order valence-corrected chi connectivity index (χ3v) is 4.03. The van der Waals surface area contributed by atoms with Gasteiger partial charge in [-0.15, -0.1) is 0 Å². The topological polar surface area (TPSA) is 64.8 Å². The summed E-state index contributed by atoms with van der Waals surface area (Å²) < 4.78 is 10.7. The van der Waals surface area contributed by atoms with Crippen molar-refractivity contribution in [1.29, 1.82) is 0 Å². The number of carbonyl (C=O) groups is 1. The number of rotatable bonds is 4. The Balaban J connectivity index is 2.22. The number of hydrogen-bond acceptors (Lipinski definition) is 4. The first-order valence-corrected chi connectivity index (χ1v) is 7.26. The van der Waals surface area contributed by atoms with Crippen LogP contribution in [0.5, 0.6) is 11.5 Å². The van der Waals surface area contributed by atoms with Crippen LogP contribution in [0.4, 0.5) is 0 Å². The molecule has 0 bridgehead atoms. The molecule has 0 radical (unpaired) electrons. The van der Waals surface area contributed by atoms with E-state index >= 15 is 0 Å². The van der Waals surface area contributed by atoms with Crippen molar-refractivity contribution >= 4 is 5.91 Å². The summed E-state index contributed by atoms with van der Waals surface area (Å²) in [6.07, 6.45) is 0.812. The summed E-state index contributed by atoms with van der Waals surface area (Å²) >= 11 is 0. The molecule has 1 atom stereocenters. The quantitative estimate of drug-likeness (QED) is 0.915. The van der Waals surface area contributed by atoms with E-state index in [-0.39, 0.29) is 11.8 Å². The molecular weight excluding hydrogens is 268 g/mol. The van der Waals surface area contributed by atoms with Gasteiger partial charge < -0.3 is 20.1 Å². The molecule has 0 unspecified atom stereocenters. The third-order valence-electron chi connectivity index (χ3n) is 4.03. The molecule has 5 heteroatoms. The van der Waals surface area contributed by atoms with Gasteiger partial charge in [-0.3, -0.25) is 4.79 Å². The van der Waals surface area contributed by atoms with E-state index in [2.05, 4.69) is 0 Å². The Morgan fingerprint density at radius 3 is 2.29 bits per heavy atom. The lowest BCUT2D eigenvalue weighted by Crippen LogP contribution is -2.48. The van der Waals surface area contributed by atoms with E-state index in [1.807, 2.05) is 30.9 Å². The van der Waals surface area contributed by atoms with Crippen LogP contribution in [-0.4, -0.2) is 37.6 Å². The Morgan fingerprint density at radius 1 is 1.19 bits per heavy atom. The van der Waals surface area contributed by atoms with E-state index < -0.39 is 6.04 Å². The number of benzene rings is 1. The molecule has 0 saturated heterocycles. The molecule has 0 aliphatic carbocycles. The van der Waals surface area contributed by atoms with E-state index in [4.69, 9.17) is 15.2 Å². The zero-order valence-corrected chi connectivity index (χ0v) is 13.2. The second-order valence-electron chi connectivity index (χ2n) is 5.76. The number of methoxy groups -OCH3 is 2. The Bertz CT molecular complexity index is 528. The monoisotopic (exact) mass is 292 g/mol. The highest BCUT2D eigenvalue weighted by Gasteiger charge is 2.27. The number of hydrogen-bond donors (Lipinski definition) is 1. The first-order chi connectivity index (χ1) is 9.97. The summed E-state index contributed by atoms with van der Waals surface area (Å²) in [5, 5.41) is 0. The van der Waals surface area contributed by atoms with Crippen LogP contribution in [0.3, 0.4) is 0 Å². The largest absolute Gasteiger partial charge is 0.493 e. The lowest BCUT2D eigenvalue weighted by atomic mass is 9.97. The van der Waals surface area contributed by atoms with Gasteiger partial charge in [0.15, 0.2) is 11.5 Å². The molecule has 1 aliphatic rings. The smallest absolute Gasteiger partial charge is 0.240 e. The Hall–Kier alpha value is -1.75. The standard InChI is InChI=1S/C16H24N2O3/c1-10(2)15(17)16(19)18-6-5-11-7-13(20-3)14(21-4)8-12(11)9-18/h7-8,10,15H,5-6,9,17H2,1-4H3/t15-/m1/s1. The number of ether oxygens (including phenoxy) is 2. The minimum Gasteiger partial charge on any atom is -0.493 e. The minimum atomic E-state index is -0.438. The maximum atomic E-state index is 12.4. The van der Waals surface area contributed by atoms with Gasteiger partial charge in [-0.25, -0.2) is 0 Å². The van der Waals surface area contributed by atoms with E-state index in [0.717, 1.165) is 17.7 Å². The molecule has 0 fully saturated rings. The molecular formula is C16H24N2O3. The van der Waals surface area contributed by atoms with Crippen LogP contribution >= 0.6 is 0 Å². The van der Waals surface area contributed by atoms with Crippen molar-refractivity contribution in [3.63, 3.8) is 0 Å². The fourth-order valence-corrected chi connectivity index (χ4v) is 2.57. The maximum absolute atomic E-state index is 12.4. The van der Waals surface area contributed by atoms with E-state index in [9.17, 15) is 4.79 Å². The zero-order chi connectivity index (χ0) is 15.6. The number of amides is 1. The van der Waals surface area contributed by atoms with Crippen molar-refractivity contribution in [3.05, 3.63) is 23.3 Å². The van der Waals surface area contributed by atoms with Gasteiger partial charge in [0.05, 0.1) is 20.3 Å². The van der Waals surface area contributed by atoms with Crippen molar-refractivity contribution in [2.75, 3.05) is 20.8 Å². The van der Waals surface area contributed by atoms with E-state index in [1.165, 1.54) is 5.56 Å². The second kappa shape index (κ2) is 6.35. The molecule has 1 aliphatic heterocycles. The molecule has 0 aromatic heterocycles. The molecule has 5 nitrogen and oxygen atoms in total. The van der Waals surface area contributed by atoms with Crippen LogP contribution in [0.25, 0.3) is 0 Å². The van der Waals surface area contributed by atoms with Crippen LogP contribution in [0, 0.1) is 5.92 Å². The van der Waals surface area contributed by atoms with Gasteiger partial charge in [0.2, 0.25) is 5.91 Å². The predicted molar refractivity (Wildman–Crippen MR) is 81.5 cm³/mol. The average molecular weight is 292 g/mol. The lowest BCUT2D eigenvalue weighted by molar-refractivity contribution is -0.134. The molecule has 2 rings (SSSR count). The Morgan fingerprint density at radius 2 is 1.76 bits per heavy atom. The molecule has 21 heavy (non-hydrogen) atoms. The molecule has 0 saturated carbocycles. The first-order valence-electron chi connectivity index (χ1n) is 7.26. The molecule has 2 N–H and O–H groups in total. The van der Waals surface area contributed by atoms with E-state index in [0.29, 0.717) is 18.8 Å². The molecule has 1 heterocycles. The van der Waals surface area contributed by atoms with Crippen molar-refractivity contribution in [2.45, 2.75) is 32.9 Å². The number of nitrogens with zero attached hydrogens (tertiary/aromatic N) is 1. The van der Waals surface area contributed by atoms with Gasteiger partial charge in [-0.1, -0.05) is 13.8 Å². The lowest BCUT2D eigenvalue weighted by Gasteiger charge is -2.32. The summed E-state index contributed by atoms with van der Waals surface area (Å²) in [4.78, 5) is 14.2. The summed E-state index contributed by atoms with van der Waals surface area (Å²) in [5.74, 6) is 1.59.